The number of Topliss-reactive ketones (excluding diaryl/α,β-unsaturated/α-hetero) is 1. The number of fused-ring (bicyclic) bond motifs is 1. The van der Waals surface area contributed by atoms with Crippen molar-refractivity contribution in [2.45, 2.75) is 135 Å². The number of ketones is 1. The first kappa shape index (κ1) is 44.9. The maximum atomic E-state index is 14.6. The molecule has 4 aliphatic heterocycles. The molecule has 0 unspecified atom stereocenters. The molecule has 5 heterocycles. The molecule has 0 saturated carbocycles. The standard InChI is InChI=1S/C46H63N3O9S/c1-11-36-46(8)40-29(4)37(47-21-22-49(40)44(53)58-46)27(2)26-45(7,54-23-13-12-15-32-17-19-33(20-18-32)35-16-14-24-59-35)41(30(5)38(50)31(6)42(52)56-36)57-43-39(51)34(48(9)10)25-28(3)55-43/h14,16-20,24,27-31,34,36,39-41,43,51H,11,15,21-23,25-26H2,1-10H3/t27-,28-,29-,30+,31-,34+,36+,39-,40-,41-,43+,45-,46-/m1/s1. The largest absolute Gasteiger partial charge is 0.458 e. The number of aliphatic imine (C=N–C) groups is 1. The molecule has 13 atom stereocenters. The van der Waals surface area contributed by atoms with Gasteiger partial charge in [0.25, 0.3) is 0 Å². The molecule has 2 aromatic rings. The smallest absolute Gasteiger partial charge is 0.410 e. The Morgan fingerprint density at radius 3 is 2.42 bits per heavy atom. The highest BCUT2D eigenvalue weighted by molar-refractivity contribution is 7.13. The van der Waals surface area contributed by atoms with Crippen molar-refractivity contribution in [3.05, 3.63) is 47.3 Å². The molecule has 1 amide bonds. The van der Waals surface area contributed by atoms with Crippen molar-refractivity contribution in [3.63, 3.8) is 0 Å². The van der Waals surface area contributed by atoms with Crippen molar-refractivity contribution in [3.8, 4) is 22.3 Å². The van der Waals surface area contributed by atoms with Gasteiger partial charge >= 0.3 is 12.1 Å². The summed E-state index contributed by atoms with van der Waals surface area (Å²) in [6, 6.07) is 11.8. The molecule has 1 aromatic carbocycles. The van der Waals surface area contributed by atoms with Crippen LogP contribution >= 0.6 is 11.3 Å². The van der Waals surface area contributed by atoms with Crippen LogP contribution in [-0.2, 0) is 39.7 Å². The Bertz CT molecular complexity index is 1890. The van der Waals surface area contributed by atoms with Crippen molar-refractivity contribution >= 4 is 34.9 Å². The molecule has 322 valence electrons. The minimum atomic E-state index is -1.22. The summed E-state index contributed by atoms with van der Waals surface area (Å²) in [6.07, 6.45) is -2.84. The summed E-state index contributed by atoms with van der Waals surface area (Å²) in [6.45, 7) is 15.7. The van der Waals surface area contributed by atoms with Crippen LogP contribution in [0.3, 0.4) is 0 Å². The molecule has 0 spiro atoms. The number of esters is 1. The first-order valence-corrected chi connectivity index (χ1v) is 22.0. The van der Waals surface area contributed by atoms with Gasteiger partial charge in [-0.1, -0.05) is 69.9 Å². The summed E-state index contributed by atoms with van der Waals surface area (Å²) in [7, 11) is 3.81. The molecule has 2 bridgehead atoms. The monoisotopic (exact) mass is 833 g/mol. The van der Waals surface area contributed by atoms with E-state index in [1.54, 1.807) is 30.1 Å². The number of aliphatic hydroxyl groups excluding tert-OH is 1. The van der Waals surface area contributed by atoms with E-state index in [2.05, 4.69) is 54.5 Å². The number of carbonyl (C=O) groups excluding carboxylic acids is 3. The van der Waals surface area contributed by atoms with Crippen LogP contribution in [0.1, 0.15) is 80.2 Å². The third-order valence-corrected chi connectivity index (χ3v) is 13.9. The van der Waals surface area contributed by atoms with Crippen LogP contribution in [0.5, 0.6) is 0 Å². The number of carbonyl (C=O) groups is 3. The molecule has 0 aliphatic carbocycles. The van der Waals surface area contributed by atoms with Crippen LogP contribution in [0.25, 0.3) is 10.4 Å². The normalized spacial score (nSPS) is 36.8. The number of rotatable bonds is 8. The summed E-state index contributed by atoms with van der Waals surface area (Å²) in [5.74, 6) is 2.74. The van der Waals surface area contributed by atoms with Gasteiger partial charge < -0.3 is 33.7 Å². The summed E-state index contributed by atoms with van der Waals surface area (Å²) in [5, 5.41) is 13.7. The van der Waals surface area contributed by atoms with E-state index < -0.39 is 71.5 Å². The van der Waals surface area contributed by atoms with Crippen molar-refractivity contribution in [1.29, 1.82) is 0 Å². The summed E-state index contributed by atoms with van der Waals surface area (Å²) >= 11 is 1.70. The average Bonchev–Trinajstić information content (AvgIpc) is 3.78. The van der Waals surface area contributed by atoms with Crippen molar-refractivity contribution in [2.24, 2.45) is 28.7 Å². The third-order valence-electron chi connectivity index (χ3n) is 13.0. The van der Waals surface area contributed by atoms with Crippen LogP contribution in [0.2, 0.25) is 0 Å². The molecular weight excluding hydrogens is 771 g/mol. The topological polar surface area (TPSA) is 136 Å². The number of aliphatic hydroxyl groups is 1. The van der Waals surface area contributed by atoms with Gasteiger partial charge in [0.15, 0.2) is 17.7 Å². The lowest BCUT2D eigenvalue weighted by atomic mass is 9.73. The molecule has 59 heavy (non-hydrogen) atoms. The minimum absolute atomic E-state index is 0.0245. The first-order chi connectivity index (χ1) is 28.0. The summed E-state index contributed by atoms with van der Waals surface area (Å²) in [5.41, 5.74) is 0.694. The highest BCUT2D eigenvalue weighted by atomic mass is 32.1. The second-order valence-electron chi connectivity index (χ2n) is 17.6. The van der Waals surface area contributed by atoms with Gasteiger partial charge in [0.2, 0.25) is 0 Å². The number of hydrogen-bond donors (Lipinski definition) is 1. The third kappa shape index (κ3) is 9.33. The quantitative estimate of drug-likeness (QED) is 0.180. The van der Waals surface area contributed by atoms with Gasteiger partial charge in [0.1, 0.15) is 24.7 Å². The van der Waals surface area contributed by atoms with Gasteiger partial charge in [0, 0.05) is 41.4 Å². The second-order valence-corrected chi connectivity index (χ2v) is 18.5. The van der Waals surface area contributed by atoms with Gasteiger partial charge in [-0.3, -0.25) is 19.5 Å². The zero-order chi connectivity index (χ0) is 42.8. The Labute approximate surface area is 354 Å². The number of thiophene rings is 1. The average molecular weight is 834 g/mol. The molecule has 6 rings (SSSR count). The number of hydrogen-bond acceptors (Lipinski definition) is 12. The van der Waals surface area contributed by atoms with E-state index >= 15 is 0 Å². The number of cyclic esters (lactones) is 1. The predicted molar refractivity (Wildman–Crippen MR) is 227 cm³/mol. The molecule has 1 aromatic heterocycles. The van der Waals surface area contributed by atoms with Crippen LogP contribution in [-0.4, -0.2) is 126 Å². The number of nitrogens with zero attached hydrogens (tertiary/aromatic N) is 3. The first-order valence-electron chi connectivity index (χ1n) is 21.1. The van der Waals surface area contributed by atoms with E-state index in [1.165, 1.54) is 4.88 Å². The lowest BCUT2D eigenvalue weighted by Gasteiger charge is -2.47. The molecule has 4 aliphatic rings. The van der Waals surface area contributed by atoms with E-state index in [0.717, 1.165) is 16.8 Å². The SMILES string of the molecule is CC[C@@H]1OC(=O)[C@H](C)C(=O)[C@H](C)[C@@H](O[C@@H]2O[C@H](C)C[C@H](N(C)C)[C@H]2O)[C@](C)(OCC#CCc2ccc(-c3cccs3)cc2)C[C@@H](C)C2=NCCN3C(=O)O[C@@]1(C)[C@H]3[C@@H]2C. The van der Waals surface area contributed by atoms with Crippen LogP contribution in [0.15, 0.2) is 46.8 Å². The van der Waals surface area contributed by atoms with Gasteiger partial charge in [0.05, 0.1) is 30.4 Å². The molecule has 3 saturated heterocycles. The Kier molecular flexibility index (Phi) is 14.1. The van der Waals surface area contributed by atoms with Gasteiger partial charge in [-0.2, -0.15) is 0 Å². The Morgan fingerprint density at radius 1 is 1.03 bits per heavy atom. The van der Waals surface area contributed by atoms with Crippen molar-refractivity contribution < 1.29 is 43.2 Å². The maximum Gasteiger partial charge on any atom is 0.410 e. The number of amides is 1. The number of benzene rings is 1. The van der Waals surface area contributed by atoms with Gasteiger partial charge in [-0.15, -0.1) is 11.3 Å². The Morgan fingerprint density at radius 2 is 1.76 bits per heavy atom. The van der Waals surface area contributed by atoms with E-state index in [-0.39, 0.29) is 30.6 Å². The van der Waals surface area contributed by atoms with Crippen LogP contribution < -0.4 is 0 Å². The van der Waals surface area contributed by atoms with Gasteiger partial charge in [-0.05, 0) is 89.5 Å². The lowest BCUT2D eigenvalue weighted by molar-refractivity contribution is -0.296. The highest BCUT2D eigenvalue weighted by Crippen LogP contribution is 2.44. The van der Waals surface area contributed by atoms with Crippen molar-refractivity contribution in [1.82, 2.24) is 9.80 Å². The van der Waals surface area contributed by atoms with E-state index in [9.17, 15) is 19.5 Å². The molecule has 12 nitrogen and oxygen atoms in total. The van der Waals surface area contributed by atoms with E-state index in [4.69, 9.17) is 28.7 Å². The molecule has 3 fully saturated rings. The highest BCUT2D eigenvalue weighted by Gasteiger charge is 2.60. The number of likely N-dealkylation sites (N-methyl/N-ethyl adjacent to an activating group) is 1. The van der Waals surface area contributed by atoms with E-state index in [1.807, 2.05) is 59.7 Å². The molecule has 1 N–H and O–H groups in total. The Balaban J connectivity index is 1.37. The second kappa shape index (κ2) is 18.5. The fourth-order valence-electron chi connectivity index (χ4n) is 9.89. The van der Waals surface area contributed by atoms with Crippen LogP contribution in [0.4, 0.5) is 4.79 Å². The Hall–Kier alpha value is -3.64. The predicted octanol–water partition coefficient (Wildman–Crippen LogP) is 6.42. The summed E-state index contributed by atoms with van der Waals surface area (Å²) < 4.78 is 32.3. The minimum Gasteiger partial charge on any atom is -0.458 e. The zero-order valence-corrected chi connectivity index (χ0v) is 37.1. The van der Waals surface area contributed by atoms with E-state index in [0.29, 0.717) is 38.8 Å². The fraction of sp³-hybridized carbons (Fsp3) is 0.652. The van der Waals surface area contributed by atoms with Crippen LogP contribution in [0, 0.1) is 35.5 Å². The summed E-state index contributed by atoms with van der Waals surface area (Å²) in [4.78, 5) is 52.0. The molecular formula is C46H63N3O9S. The van der Waals surface area contributed by atoms with Gasteiger partial charge in [-0.25, -0.2) is 4.79 Å². The fourth-order valence-corrected chi connectivity index (χ4v) is 10.6. The maximum absolute atomic E-state index is 14.6. The van der Waals surface area contributed by atoms with Crippen molar-refractivity contribution in [2.75, 3.05) is 33.8 Å². The molecule has 13 heteroatoms. The zero-order valence-electron chi connectivity index (χ0n) is 36.3. The lowest BCUT2D eigenvalue weighted by Crippen LogP contribution is -2.60. The number of ether oxygens (including phenoxy) is 5. The molecule has 0 radical (unpaired) electrons.